The lowest BCUT2D eigenvalue weighted by Gasteiger charge is -2.31. The number of aryl methyl sites for hydroxylation is 1. The third-order valence-corrected chi connectivity index (χ3v) is 6.40. The summed E-state index contributed by atoms with van der Waals surface area (Å²) < 4.78 is 7.53. The highest BCUT2D eigenvalue weighted by molar-refractivity contribution is 5.81. The first kappa shape index (κ1) is 20.4. The molecule has 32 heavy (non-hydrogen) atoms. The van der Waals surface area contributed by atoms with Crippen LogP contribution in [0, 0.1) is 0 Å². The summed E-state index contributed by atoms with van der Waals surface area (Å²) in [7, 11) is 0. The smallest absolute Gasteiger partial charge is 0.267 e. The summed E-state index contributed by atoms with van der Waals surface area (Å²) in [5, 5.41) is 7.78. The SMILES string of the molecule is O=C(NC1CCC(n2nc(-c3ccncc3)ccc2=O)CC1)C1CCc2ccccc2O1. The average Bonchev–Trinajstić information content (AvgIpc) is 2.85. The second-order valence-electron chi connectivity index (χ2n) is 8.50. The number of nitrogens with zero attached hydrogens (tertiary/aromatic N) is 3. The molecule has 0 spiro atoms. The second kappa shape index (κ2) is 8.94. The minimum atomic E-state index is -0.441. The van der Waals surface area contributed by atoms with Gasteiger partial charge < -0.3 is 10.1 Å². The van der Waals surface area contributed by atoms with E-state index < -0.39 is 6.10 Å². The average molecular weight is 431 g/mol. The lowest BCUT2D eigenvalue weighted by atomic mass is 9.91. The third-order valence-electron chi connectivity index (χ3n) is 6.40. The Kier molecular flexibility index (Phi) is 5.71. The zero-order valence-corrected chi connectivity index (χ0v) is 17.8. The Morgan fingerprint density at radius 3 is 2.56 bits per heavy atom. The molecule has 5 rings (SSSR count). The lowest BCUT2D eigenvalue weighted by molar-refractivity contribution is -0.129. The summed E-state index contributed by atoms with van der Waals surface area (Å²) in [5.74, 6) is 0.764. The normalized spacial score (nSPS) is 22.4. The van der Waals surface area contributed by atoms with Crippen LogP contribution in [-0.4, -0.2) is 32.8 Å². The van der Waals surface area contributed by atoms with Crippen LogP contribution in [-0.2, 0) is 11.2 Å². The van der Waals surface area contributed by atoms with Gasteiger partial charge in [-0.2, -0.15) is 5.10 Å². The van der Waals surface area contributed by atoms with Crippen LogP contribution in [0.25, 0.3) is 11.3 Å². The van der Waals surface area contributed by atoms with E-state index in [1.165, 1.54) is 0 Å². The van der Waals surface area contributed by atoms with Crippen LogP contribution in [0.4, 0.5) is 0 Å². The van der Waals surface area contributed by atoms with E-state index in [1.54, 1.807) is 29.2 Å². The summed E-state index contributed by atoms with van der Waals surface area (Å²) in [6, 6.07) is 15.1. The highest BCUT2D eigenvalue weighted by atomic mass is 16.5. The zero-order chi connectivity index (χ0) is 21.9. The van der Waals surface area contributed by atoms with Crippen molar-refractivity contribution in [1.82, 2.24) is 20.1 Å². The van der Waals surface area contributed by atoms with Crippen molar-refractivity contribution in [1.29, 1.82) is 0 Å². The molecule has 2 aromatic heterocycles. The second-order valence-corrected chi connectivity index (χ2v) is 8.50. The molecule has 1 aromatic carbocycles. The Balaban J connectivity index is 1.20. The maximum absolute atomic E-state index is 12.8. The number of pyridine rings is 1. The van der Waals surface area contributed by atoms with Gasteiger partial charge in [-0.1, -0.05) is 18.2 Å². The lowest BCUT2D eigenvalue weighted by Crippen LogP contribution is -2.46. The fourth-order valence-corrected chi connectivity index (χ4v) is 4.63. The molecule has 3 heterocycles. The number of carbonyl (C=O) groups is 1. The van der Waals surface area contributed by atoms with Crippen LogP contribution < -0.4 is 15.6 Å². The number of fused-ring (bicyclic) bond motifs is 1. The molecule has 7 heteroatoms. The van der Waals surface area contributed by atoms with Gasteiger partial charge in [0.25, 0.3) is 11.5 Å². The molecule has 2 aliphatic rings. The number of benzene rings is 1. The number of ether oxygens (including phenoxy) is 1. The van der Waals surface area contributed by atoms with Crippen molar-refractivity contribution in [3.63, 3.8) is 0 Å². The summed E-state index contributed by atoms with van der Waals surface area (Å²) in [6.07, 6.45) is 7.76. The molecule has 1 atom stereocenters. The first-order valence-corrected chi connectivity index (χ1v) is 11.2. The fourth-order valence-electron chi connectivity index (χ4n) is 4.63. The number of amides is 1. The number of hydrogen-bond donors (Lipinski definition) is 1. The monoisotopic (exact) mass is 430 g/mol. The van der Waals surface area contributed by atoms with E-state index >= 15 is 0 Å². The first-order valence-electron chi connectivity index (χ1n) is 11.2. The highest BCUT2D eigenvalue weighted by Crippen LogP contribution is 2.29. The van der Waals surface area contributed by atoms with E-state index in [2.05, 4.69) is 15.4 Å². The largest absolute Gasteiger partial charge is 0.480 e. The molecule has 0 saturated heterocycles. The Hall–Kier alpha value is -3.48. The fraction of sp³-hybridized carbons (Fsp3) is 0.360. The zero-order valence-electron chi connectivity index (χ0n) is 17.8. The number of carbonyl (C=O) groups excluding carboxylic acids is 1. The first-order chi connectivity index (χ1) is 15.7. The Morgan fingerprint density at radius 1 is 0.969 bits per heavy atom. The quantitative estimate of drug-likeness (QED) is 0.686. The Morgan fingerprint density at radius 2 is 1.75 bits per heavy atom. The molecule has 1 fully saturated rings. The van der Waals surface area contributed by atoms with E-state index in [0.29, 0.717) is 6.42 Å². The summed E-state index contributed by atoms with van der Waals surface area (Å²) in [6.45, 7) is 0. The Bertz CT molecular complexity index is 1150. The van der Waals surface area contributed by atoms with Gasteiger partial charge in [-0.3, -0.25) is 14.6 Å². The van der Waals surface area contributed by atoms with Crippen molar-refractivity contribution in [2.75, 3.05) is 0 Å². The molecule has 1 aliphatic heterocycles. The molecule has 0 radical (unpaired) electrons. The van der Waals surface area contributed by atoms with Crippen LogP contribution >= 0.6 is 0 Å². The van der Waals surface area contributed by atoms with Gasteiger partial charge in [0.1, 0.15) is 5.75 Å². The van der Waals surface area contributed by atoms with E-state index in [-0.39, 0.29) is 23.6 Å². The molecule has 1 amide bonds. The number of rotatable bonds is 4. The molecule has 1 unspecified atom stereocenters. The third kappa shape index (κ3) is 4.28. The maximum atomic E-state index is 12.8. The van der Waals surface area contributed by atoms with Gasteiger partial charge in [0.2, 0.25) is 0 Å². The van der Waals surface area contributed by atoms with Crippen LogP contribution in [0.2, 0.25) is 0 Å². The van der Waals surface area contributed by atoms with E-state index in [9.17, 15) is 9.59 Å². The Labute approximate surface area is 186 Å². The van der Waals surface area contributed by atoms with Crippen molar-refractivity contribution in [3.05, 3.63) is 76.8 Å². The van der Waals surface area contributed by atoms with Gasteiger partial charge in [-0.25, -0.2) is 4.68 Å². The van der Waals surface area contributed by atoms with Gasteiger partial charge in [0.15, 0.2) is 6.10 Å². The summed E-state index contributed by atoms with van der Waals surface area (Å²) >= 11 is 0. The summed E-state index contributed by atoms with van der Waals surface area (Å²) in [4.78, 5) is 29.3. The van der Waals surface area contributed by atoms with Gasteiger partial charge in [0.05, 0.1) is 11.7 Å². The number of aromatic nitrogens is 3. The van der Waals surface area contributed by atoms with E-state index in [4.69, 9.17) is 4.74 Å². The van der Waals surface area contributed by atoms with Crippen molar-refractivity contribution in [2.45, 2.75) is 56.7 Å². The maximum Gasteiger partial charge on any atom is 0.267 e. The van der Waals surface area contributed by atoms with Crippen LogP contribution in [0.3, 0.4) is 0 Å². The number of para-hydroxylation sites is 1. The topological polar surface area (TPSA) is 86.1 Å². The van der Waals surface area contributed by atoms with Crippen LogP contribution in [0.1, 0.15) is 43.7 Å². The molecule has 1 N–H and O–H groups in total. The predicted octanol–water partition coefficient (Wildman–Crippen LogP) is 3.30. The number of nitrogens with one attached hydrogen (secondary N) is 1. The minimum Gasteiger partial charge on any atom is -0.480 e. The predicted molar refractivity (Wildman–Crippen MR) is 120 cm³/mol. The van der Waals surface area contributed by atoms with Crippen molar-refractivity contribution in [3.8, 4) is 17.0 Å². The highest BCUT2D eigenvalue weighted by Gasteiger charge is 2.30. The van der Waals surface area contributed by atoms with Gasteiger partial charge in [-0.05, 0) is 68.4 Å². The van der Waals surface area contributed by atoms with Crippen molar-refractivity contribution >= 4 is 5.91 Å². The molecule has 0 bridgehead atoms. The standard InChI is InChI=1S/C25H26N4O3/c30-24-12-10-21(17-13-15-26-16-14-17)28-29(24)20-8-6-19(7-9-20)27-25(31)23-11-5-18-3-1-2-4-22(18)32-23/h1-4,10,12-16,19-20,23H,5-9,11H2,(H,27,31). The van der Waals surface area contributed by atoms with Gasteiger partial charge in [-0.15, -0.1) is 0 Å². The van der Waals surface area contributed by atoms with Gasteiger partial charge >= 0.3 is 0 Å². The van der Waals surface area contributed by atoms with E-state index in [0.717, 1.165) is 54.7 Å². The van der Waals surface area contributed by atoms with Crippen LogP contribution in [0.15, 0.2) is 65.7 Å². The minimum absolute atomic E-state index is 0.0373. The summed E-state index contributed by atoms with van der Waals surface area (Å²) in [5.41, 5.74) is 2.76. The molecule has 7 nitrogen and oxygen atoms in total. The molecule has 164 valence electrons. The molecular weight excluding hydrogens is 404 g/mol. The molecule has 1 aliphatic carbocycles. The van der Waals surface area contributed by atoms with Gasteiger partial charge in [0, 0.05) is 30.1 Å². The van der Waals surface area contributed by atoms with Crippen LogP contribution in [0.5, 0.6) is 5.75 Å². The molecular formula is C25H26N4O3. The number of hydrogen-bond acceptors (Lipinski definition) is 5. The van der Waals surface area contributed by atoms with Crippen molar-refractivity contribution in [2.24, 2.45) is 0 Å². The van der Waals surface area contributed by atoms with E-state index in [1.807, 2.05) is 36.4 Å². The molecule has 1 saturated carbocycles. The van der Waals surface area contributed by atoms with Crippen molar-refractivity contribution < 1.29 is 9.53 Å². The molecule has 3 aromatic rings.